The van der Waals surface area contributed by atoms with Crippen LogP contribution >= 0.6 is 0 Å². The molecule has 3 aromatic carbocycles. The topological polar surface area (TPSA) is 49.8 Å². The monoisotopic (exact) mass is 632 g/mol. The summed E-state index contributed by atoms with van der Waals surface area (Å²) in [6, 6.07) is 20.0. The van der Waals surface area contributed by atoms with Gasteiger partial charge in [-0.3, -0.25) is 0 Å². The third kappa shape index (κ3) is 18.6. The smallest absolute Gasteiger partial charge is 0.310 e. The Labute approximate surface area is 261 Å². The summed E-state index contributed by atoms with van der Waals surface area (Å²) in [7, 11) is 0. The van der Waals surface area contributed by atoms with Gasteiger partial charge in [-0.2, -0.15) is 0 Å². The molecule has 0 saturated heterocycles. The second-order valence-electron chi connectivity index (χ2n) is 14.8. The van der Waals surface area contributed by atoms with Crippen molar-refractivity contribution in [2.75, 3.05) is 0 Å². The molecule has 0 saturated carbocycles. The van der Waals surface area contributed by atoms with E-state index in [0.717, 1.165) is 0 Å². The molecule has 0 amide bonds. The first kappa shape index (κ1) is 38.2. The van der Waals surface area contributed by atoms with Crippen LogP contribution in [0.15, 0.2) is 54.6 Å². The number of quaternary nitrogens is 3. The minimum atomic E-state index is 0. The van der Waals surface area contributed by atoms with Crippen LogP contribution in [0, 0.1) is 41.5 Å². The van der Waals surface area contributed by atoms with Gasteiger partial charge in [0.1, 0.15) is 17.1 Å². The number of hydrogen-bond acceptors (Lipinski definition) is 0. The van der Waals surface area contributed by atoms with Crippen molar-refractivity contribution < 1.29 is 37.0 Å². The second-order valence-corrected chi connectivity index (χ2v) is 14.8. The van der Waals surface area contributed by atoms with E-state index < -0.39 is 0 Å². The first-order chi connectivity index (χ1) is 17.6. The molecule has 4 heteroatoms. The van der Waals surface area contributed by atoms with Gasteiger partial charge in [0.15, 0.2) is 0 Å². The summed E-state index contributed by atoms with van der Waals surface area (Å²) >= 11 is 0. The van der Waals surface area contributed by atoms with Crippen molar-refractivity contribution >= 4 is 17.1 Å². The number of rotatable bonds is 3. The van der Waals surface area contributed by atoms with E-state index in [4.69, 9.17) is 0 Å². The Bertz CT molecular complexity index is 980. The molecule has 3 aromatic rings. The molecule has 0 fully saturated rings. The molecule has 0 aliphatic heterocycles. The Morgan fingerprint density at radius 2 is 0.475 bits per heavy atom. The minimum absolute atomic E-state index is 0. The molecule has 0 radical (unpaired) electrons. The first-order valence-electron chi connectivity index (χ1n) is 14.4. The number of benzene rings is 3. The average Bonchev–Trinajstić information content (AvgIpc) is 2.62. The van der Waals surface area contributed by atoms with Crippen LogP contribution in [0.4, 0.5) is 17.1 Å². The predicted octanol–water partition coefficient (Wildman–Crippen LogP) is 6.89. The van der Waals surface area contributed by atoms with E-state index in [-0.39, 0.29) is 37.7 Å². The Kier molecular flexibility index (Phi) is 15.3. The molecular formula is C36H60MoN3+7. The molecular weight excluding hydrogens is 570 g/mol. The van der Waals surface area contributed by atoms with Crippen LogP contribution in [0.5, 0.6) is 0 Å². The van der Waals surface area contributed by atoms with Crippen LogP contribution < -0.4 is 16.0 Å². The van der Waals surface area contributed by atoms with E-state index in [9.17, 15) is 0 Å². The van der Waals surface area contributed by atoms with Crippen molar-refractivity contribution in [1.29, 1.82) is 0 Å². The maximum absolute atomic E-state index is 2.31. The first-order valence-corrected chi connectivity index (χ1v) is 14.4. The molecule has 0 aliphatic rings. The fourth-order valence-corrected chi connectivity index (χ4v) is 4.78. The van der Waals surface area contributed by atoms with Gasteiger partial charge in [0.05, 0.1) is 16.6 Å². The normalized spacial score (nSPS) is 11.5. The van der Waals surface area contributed by atoms with Gasteiger partial charge in [-0.05, 0) is 137 Å². The fraction of sp³-hybridized carbons (Fsp3) is 0.500. The molecule has 0 spiro atoms. The van der Waals surface area contributed by atoms with E-state index in [1.165, 1.54) is 50.4 Å². The molecule has 3 rings (SSSR count). The summed E-state index contributed by atoms with van der Waals surface area (Å²) in [4.78, 5) is 0. The molecule has 0 bridgehead atoms. The third-order valence-electron chi connectivity index (χ3n) is 5.53. The molecule has 0 heterocycles. The molecule has 6 N–H and O–H groups in total. The largest absolute Gasteiger partial charge is 4.00 e. The Morgan fingerprint density at radius 3 is 0.600 bits per heavy atom. The van der Waals surface area contributed by atoms with Crippen LogP contribution in [0.2, 0.25) is 0 Å². The van der Waals surface area contributed by atoms with Crippen molar-refractivity contribution in [3.63, 3.8) is 0 Å². The SMILES string of the molecule is Cc1cc(C)cc([NH2+]C(C)(C)C)c1.Cc1cc(C)cc([NH2+]C(C)(C)C)c1.Cc1cc(C)cc([NH2+]C(C)(C)C)c1.[Mo+4]. The van der Waals surface area contributed by atoms with Gasteiger partial charge in [0, 0.05) is 36.4 Å². The Hall–Kier alpha value is -1.77. The molecule has 0 aromatic heterocycles. The summed E-state index contributed by atoms with van der Waals surface area (Å²) in [5.74, 6) is 0. The molecule has 218 valence electrons. The van der Waals surface area contributed by atoms with Gasteiger partial charge in [0.2, 0.25) is 0 Å². The van der Waals surface area contributed by atoms with E-state index in [1.54, 1.807) is 0 Å². The molecule has 40 heavy (non-hydrogen) atoms. The third-order valence-corrected chi connectivity index (χ3v) is 5.53. The van der Waals surface area contributed by atoms with Gasteiger partial charge in [-0.15, -0.1) is 0 Å². The molecule has 0 unspecified atom stereocenters. The zero-order chi connectivity index (χ0) is 30.2. The second kappa shape index (κ2) is 16.0. The van der Waals surface area contributed by atoms with Crippen molar-refractivity contribution in [2.24, 2.45) is 0 Å². The number of aryl methyl sites for hydroxylation is 6. The van der Waals surface area contributed by atoms with Crippen LogP contribution in [0.25, 0.3) is 0 Å². The maximum Gasteiger partial charge on any atom is 4.00 e. The van der Waals surface area contributed by atoms with Gasteiger partial charge in [0.25, 0.3) is 0 Å². The number of hydrogen-bond donors (Lipinski definition) is 3. The molecule has 0 atom stereocenters. The summed E-state index contributed by atoms with van der Waals surface area (Å²) in [6.07, 6.45) is 0. The zero-order valence-electron chi connectivity index (χ0n) is 28.3. The van der Waals surface area contributed by atoms with Crippen molar-refractivity contribution in [1.82, 2.24) is 0 Å². The van der Waals surface area contributed by atoms with Gasteiger partial charge < -0.3 is 16.0 Å². The van der Waals surface area contributed by atoms with Gasteiger partial charge >= 0.3 is 21.1 Å². The van der Waals surface area contributed by atoms with Crippen molar-refractivity contribution in [3.8, 4) is 0 Å². The van der Waals surface area contributed by atoms with Crippen LogP contribution in [-0.4, -0.2) is 16.6 Å². The van der Waals surface area contributed by atoms with Gasteiger partial charge in [-0.25, -0.2) is 0 Å². The van der Waals surface area contributed by atoms with Crippen LogP contribution in [-0.2, 0) is 21.1 Å². The Balaban J connectivity index is 0.000000563. The summed E-state index contributed by atoms with van der Waals surface area (Å²) in [5.41, 5.74) is 12.9. The number of nitrogens with two attached hydrogens (primary N) is 3. The minimum Gasteiger partial charge on any atom is -0.310 e. The zero-order valence-corrected chi connectivity index (χ0v) is 30.3. The maximum atomic E-state index is 2.31. The average molecular weight is 631 g/mol. The van der Waals surface area contributed by atoms with E-state index in [1.807, 2.05) is 0 Å². The quantitative estimate of drug-likeness (QED) is 0.209. The standard InChI is InChI=1S/3C12H19N.Mo/c3*1-9-6-10(2)8-11(7-9)13-12(3,4)5;/h3*6-8,13H,1-5H3;/q;;;+4/p+3. The molecule has 0 aliphatic carbocycles. The summed E-state index contributed by atoms with van der Waals surface area (Å²) < 4.78 is 0. The Morgan fingerprint density at radius 1 is 0.325 bits per heavy atom. The summed E-state index contributed by atoms with van der Waals surface area (Å²) in [5, 5.41) is 6.94. The summed E-state index contributed by atoms with van der Waals surface area (Å²) in [6.45, 7) is 32.9. The fourth-order valence-electron chi connectivity index (χ4n) is 4.78. The van der Waals surface area contributed by atoms with E-state index >= 15 is 0 Å². The van der Waals surface area contributed by atoms with Gasteiger partial charge in [-0.1, -0.05) is 18.2 Å². The van der Waals surface area contributed by atoms with E-state index in [0.29, 0.717) is 0 Å². The van der Waals surface area contributed by atoms with Crippen molar-refractivity contribution in [3.05, 3.63) is 88.0 Å². The molecule has 3 nitrogen and oxygen atoms in total. The predicted molar refractivity (Wildman–Crippen MR) is 172 cm³/mol. The van der Waals surface area contributed by atoms with E-state index in [2.05, 4.69) is 174 Å². The van der Waals surface area contributed by atoms with Crippen LogP contribution in [0.3, 0.4) is 0 Å². The van der Waals surface area contributed by atoms with Crippen LogP contribution in [0.1, 0.15) is 95.7 Å². The van der Waals surface area contributed by atoms with Crippen molar-refractivity contribution in [2.45, 2.75) is 120 Å².